The molecular formula is C23H22N2O3. The van der Waals surface area contributed by atoms with Crippen molar-refractivity contribution in [3.05, 3.63) is 72.1 Å². The van der Waals surface area contributed by atoms with Crippen LogP contribution in [0.5, 0.6) is 17.2 Å². The molecule has 0 spiro atoms. The number of hydrogen-bond donors (Lipinski definition) is 0. The second-order valence-corrected chi connectivity index (χ2v) is 6.92. The summed E-state index contributed by atoms with van der Waals surface area (Å²) in [5, 5.41) is 0. The molecule has 1 unspecified atom stereocenters. The van der Waals surface area contributed by atoms with Crippen LogP contribution in [-0.4, -0.2) is 30.1 Å². The zero-order valence-electron chi connectivity index (χ0n) is 15.8. The molecule has 0 radical (unpaired) electrons. The number of ether oxygens (including phenoxy) is 3. The van der Waals surface area contributed by atoms with Gasteiger partial charge < -0.3 is 18.8 Å². The Labute approximate surface area is 164 Å². The van der Waals surface area contributed by atoms with Gasteiger partial charge in [-0.3, -0.25) is 4.99 Å². The van der Waals surface area contributed by atoms with E-state index in [2.05, 4.69) is 35.9 Å². The highest BCUT2D eigenvalue weighted by atomic mass is 16.6. The van der Waals surface area contributed by atoms with Gasteiger partial charge in [0.1, 0.15) is 25.6 Å². The molecule has 5 nitrogen and oxygen atoms in total. The Bertz CT molecular complexity index is 1020. The van der Waals surface area contributed by atoms with Gasteiger partial charge >= 0.3 is 0 Å². The summed E-state index contributed by atoms with van der Waals surface area (Å²) in [6.45, 7) is 3.74. The van der Waals surface area contributed by atoms with Crippen LogP contribution >= 0.6 is 0 Å². The van der Waals surface area contributed by atoms with Crippen LogP contribution in [0.1, 0.15) is 30.6 Å². The number of nitrogens with zero attached hydrogens (tertiary/aromatic N) is 2. The molecule has 0 aliphatic carbocycles. The van der Waals surface area contributed by atoms with Gasteiger partial charge in [0.2, 0.25) is 0 Å². The highest BCUT2D eigenvalue weighted by molar-refractivity contribution is 6.01. The van der Waals surface area contributed by atoms with E-state index in [4.69, 9.17) is 19.2 Å². The highest BCUT2D eigenvalue weighted by Gasteiger charge is 2.26. The molecule has 5 rings (SSSR count). The van der Waals surface area contributed by atoms with Crippen molar-refractivity contribution >= 4 is 5.71 Å². The molecule has 2 aliphatic heterocycles. The first kappa shape index (κ1) is 16.9. The molecule has 3 heterocycles. The summed E-state index contributed by atoms with van der Waals surface area (Å²) in [6.07, 6.45) is 2.96. The minimum atomic E-state index is 0.0418. The summed E-state index contributed by atoms with van der Waals surface area (Å²) in [4.78, 5) is 5.09. The molecule has 28 heavy (non-hydrogen) atoms. The number of fused-ring (bicyclic) bond motifs is 4. The topological polar surface area (TPSA) is 45.0 Å². The SMILES string of the molecule is CCC1N=C(COc2ccccc2)c2cccn2-c2cc3c(cc21)OCCO3. The van der Waals surface area contributed by atoms with Gasteiger partial charge in [-0.25, -0.2) is 0 Å². The van der Waals surface area contributed by atoms with Crippen LogP contribution in [0.15, 0.2) is 65.8 Å². The summed E-state index contributed by atoms with van der Waals surface area (Å²) < 4.78 is 19.8. The van der Waals surface area contributed by atoms with Crippen LogP contribution in [0.2, 0.25) is 0 Å². The van der Waals surface area contributed by atoms with E-state index in [0.29, 0.717) is 19.8 Å². The molecule has 0 bridgehead atoms. The maximum Gasteiger partial charge on any atom is 0.163 e. The lowest BCUT2D eigenvalue weighted by Gasteiger charge is -2.22. The van der Waals surface area contributed by atoms with E-state index >= 15 is 0 Å². The van der Waals surface area contributed by atoms with Crippen molar-refractivity contribution in [1.82, 2.24) is 4.57 Å². The molecule has 0 N–H and O–H groups in total. The summed E-state index contributed by atoms with van der Waals surface area (Å²) in [5.41, 5.74) is 4.23. The van der Waals surface area contributed by atoms with Crippen molar-refractivity contribution in [3.63, 3.8) is 0 Å². The van der Waals surface area contributed by atoms with Crippen molar-refractivity contribution in [2.75, 3.05) is 19.8 Å². The Morgan fingerprint density at radius 1 is 1.04 bits per heavy atom. The fourth-order valence-electron chi connectivity index (χ4n) is 3.81. The number of aromatic nitrogens is 1. The number of benzene rings is 2. The summed E-state index contributed by atoms with van der Waals surface area (Å²) >= 11 is 0. The predicted molar refractivity (Wildman–Crippen MR) is 108 cm³/mol. The third kappa shape index (κ3) is 2.93. The van der Waals surface area contributed by atoms with Gasteiger partial charge in [-0.2, -0.15) is 0 Å². The van der Waals surface area contributed by atoms with E-state index in [-0.39, 0.29) is 6.04 Å². The fourth-order valence-corrected chi connectivity index (χ4v) is 3.81. The third-order valence-electron chi connectivity index (χ3n) is 5.17. The van der Waals surface area contributed by atoms with Gasteiger partial charge in [-0.05, 0) is 36.8 Å². The molecule has 0 saturated heterocycles. The maximum atomic E-state index is 6.03. The standard InChI is InChI=1S/C23H22N2O3/c1-2-18-17-13-22-23(27-12-11-26-22)14-21(17)25-10-6-9-20(25)19(24-18)15-28-16-7-4-3-5-8-16/h3-10,13-14,18H,2,11-12,15H2,1H3. The van der Waals surface area contributed by atoms with Crippen LogP contribution in [-0.2, 0) is 0 Å². The van der Waals surface area contributed by atoms with Gasteiger partial charge in [0.25, 0.3) is 0 Å². The van der Waals surface area contributed by atoms with Crippen molar-refractivity contribution in [3.8, 4) is 22.9 Å². The van der Waals surface area contributed by atoms with Crippen molar-refractivity contribution in [2.24, 2.45) is 4.99 Å². The maximum absolute atomic E-state index is 6.03. The number of rotatable bonds is 4. The molecule has 1 atom stereocenters. The lowest BCUT2D eigenvalue weighted by atomic mass is 10.0. The van der Waals surface area contributed by atoms with Crippen LogP contribution in [0.4, 0.5) is 0 Å². The monoisotopic (exact) mass is 374 g/mol. The molecule has 142 valence electrons. The first-order chi connectivity index (χ1) is 13.8. The fraction of sp³-hybridized carbons (Fsp3) is 0.261. The second-order valence-electron chi connectivity index (χ2n) is 6.92. The Kier molecular flexibility index (Phi) is 4.28. The lowest BCUT2D eigenvalue weighted by Crippen LogP contribution is -2.17. The number of hydrogen-bond acceptors (Lipinski definition) is 4. The third-order valence-corrected chi connectivity index (χ3v) is 5.17. The Balaban J connectivity index is 1.57. The zero-order valence-corrected chi connectivity index (χ0v) is 15.8. The lowest BCUT2D eigenvalue weighted by molar-refractivity contribution is 0.171. The molecule has 1 aromatic heterocycles. The minimum Gasteiger partial charge on any atom is -0.487 e. The smallest absolute Gasteiger partial charge is 0.163 e. The predicted octanol–water partition coefficient (Wildman–Crippen LogP) is 4.58. The van der Waals surface area contributed by atoms with E-state index in [1.807, 2.05) is 36.4 Å². The molecule has 2 aromatic carbocycles. The van der Waals surface area contributed by atoms with Crippen LogP contribution < -0.4 is 14.2 Å². The summed E-state index contributed by atoms with van der Waals surface area (Å²) in [6, 6.07) is 18.2. The largest absolute Gasteiger partial charge is 0.487 e. The highest BCUT2D eigenvalue weighted by Crippen LogP contribution is 2.41. The van der Waals surface area contributed by atoms with Crippen LogP contribution in [0.3, 0.4) is 0 Å². The van der Waals surface area contributed by atoms with Crippen molar-refractivity contribution in [2.45, 2.75) is 19.4 Å². The van der Waals surface area contributed by atoms with E-state index in [1.54, 1.807) is 0 Å². The average molecular weight is 374 g/mol. The van der Waals surface area contributed by atoms with E-state index in [1.165, 1.54) is 0 Å². The van der Waals surface area contributed by atoms with Crippen molar-refractivity contribution in [1.29, 1.82) is 0 Å². The van der Waals surface area contributed by atoms with Crippen LogP contribution in [0, 0.1) is 0 Å². The molecule has 0 amide bonds. The minimum absolute atomic E-state index is 0.0418. The van der Waals surface area contributed by atoms with Gasteiger partial charge in [0, 0.05) is 17.8 Å². The Morgan fingerprint density at radius 3 is 2.61 bits per heavy atom. The zero-order chi connectivity index (χ0) is 18.9. The molecule has 0 fully saturated rings. The first-order valence-corrected chi connectivity index (χ1v) is 9.69. The molecular weight excluding hydrogens is 352 g/mol. The van der Waals surface area contributed by atoms with Crippen LogP contribution in [0.25, 0.3) is 5.69 Å². The summed E-state index contributed by atoms with van der Waals surface area (Å²) in [7, 11) is 0. The van der Waals surface area contributed by atoms with E-state index in [9.17, 15) is 0 Å². The second kappa shape index (κ2) is 7.08. The quantitative estimate of drug-likeness (QED) is 0.671. The van der Waals surface area contributed by atoms with Crippen molar-refractivity contribution < 1.29 is 14.2 Å². The molecule has 2 aliphatic rings. The number of para-hydroxylation sites is 1. The Morgan fingerprint density at radius 2 is 1.82 bits per heavy atom. The molecule has 3 aromatic rings. The van der Waals surface area contributed by atoms with Gasteiger partial charge in [0.15, 0.2) is 11.5 Å². The Hall–Kier alpha value is -3.21. The molecule has 0 saturated carbocycles. The first-order valence-electron chi connectivity index (χ1n) is 9.69. The average Bonchev–Trinajstić information content (AvgIpc) is 3.19. The van der Waals surface area contributed by atoms with Gasteiger partial charge in [0.05, 0.1) is 23.1 Å². The van der Waals surface area contributed by atoms with Gasteiger partial charge in [-0.15, -0.1) is 0 Å². The summed E-state index contributed by atoms with van der Waals surface area (Å²) in [5.74, 6) is 2.44. The van der Waals surface area contributed by atoms with E-state index in [0.717, 1.165) is 46.3 Å². The number of aliphatic imine (C=N–C) groups is 1. The normalized spacial score (nSPS) is 17.2. The molecule has 5 heteroatoms. The van der Waals surface area contributed by atoms with Gasteiger partial charge in [-0.1, -0.05) is 25.1 Å². The van der Waals surface area contributed by atoms with E-state index < -0.39 is 0 Å².